The average molecular weight is 821 g/mol. The molecule has 0 spiro atoms. The highest BCUT2D eigenvalue weighted by Gasteiger charge is 2.46. The van der Waals surface area contributed by atoms with Gasteiger partial charge in [-0.15, -0.1) is 0 Å². The van der Waals surface area contributed by atoms with Crippen LogP contribution in [0.1, 0.15) is 110 Å². The summed E-state index contributed by atoms with van der Waals surface area (Å²) in [4.78, 5) is 54.1. The van der Waals surface area contributed by atoms with Crippen LogP contribution in [0.2, 0.25) is 0 Å². The molecule has 2 aromatic carbocycles. The molecule has 12 nitrogen and oxygen atoms in total. The number of ether oxygens (including phenoxy) is 2. The van der Waals surface area contributed by atoms with Gasteiger partial charge >= 0.3 is 11.9 Å². The number of fused-ring (bicyclic) bond motifs is 4. The second-order valence-electron chi connectivity index (χ2n) is 17.3. The van der Waals surface area contributed by atoms with E-state index in [1.807, 2.05) is 98.8 Å². The van der Waals surface area contributed by atoms with E-state index in [0.717, 1.165) is 44.8 Å². The van der Waals surface area contributed by atoms with E-state index >= 15 is 0 Å². The van der Waals surface area contributed by atoms with Crippen LogP contribution in [0.4, 0.5) is 0 Å². The van der Waals surface area contributed by atoms with Crippen LogP contribution in [0.5, 0.6) is 23.5 Å². The molecule has 2 atom stereocenters. The molecule has 0 fully saturated rings. The Morgan fingerprint density at radius 3 is 1.20 bits per heavy atom. The molecule has 0 amide bonds. The molecule has 61 heavy (non-hydrogen) atoms. The Kier molecular flexibility index (Phi) is 10.9. The van der Waals surface area contributed by atoms with E-state index in [-0.39, 0.29) is 5.78 Å². The monoisotopic (exact) mass is 820 g/mol. The summed E-state index contributed by atoms with van der Waals surface area (Å²) in [6.45, 7) is 15.6. The third-order valence-electron chi connectivity index (χ3n) is 11.5. The number of carboxylic acids is 2. The predicted molar refractivity (Wildman–Crippen MR) is 229 cm³/mol. The normalized spacial score (nSPS) is 15.3. The lowest BCUT2D eigenvalue weighted by atomic mass is 9.71. The van der Waals surface area contributed by atoms with Crippen LogP contribution in [-0.2, 0) is 15.2 Å². The largest absolute Gasteiger partial charge is 0.481 e. The van der Waals surface area contributed by atoms with Crippen LogP contribution in [0.3, 0.4) is 0 Å². The summed E-state index contributed by atoms with van der Waals surface area (Å²) < 4.78 is 12.1. The molecule has 0 bridgehead atoms. The number of aliphatic hydroxyl groups is 1. The molecule has 312 valence electrons. The van der Waals surface area contributed by atoms with Crippen molar-refractivity contribution < 1.29 is 39.2 Å². The molecule has 4 aromatic heterocycles. The summed E-state index contributed by atoms with van der Waals surface area (Å²) in [7, 11) is 0. The first-order valence-electron chi connectivity index (χ1n) is 19.9. The molecule has 2 aliphatic rings. The predicted octanol–water partition coefficient (Wildman–Crippen LogP) is 10.0. The van der Waals surface area contributed by atoms with Crippen molar-refractivity contribution in [3.8, 4) is 46.0 Å². The van der Waals surface area contributed by atoms with Gasteiger partial charge in [-0.1, -0.05) is 72.8 Å². The molecule has 6 aromatic rings. The number of carbonyl (C=O) groups is 3. The minimum absolute atomic E-state index is 0.0000727. The number of hydrogen-bond acceptors (Lipinski definition) is 10. The number of carboxylic acid groups (broad SMARTS) is 2. The third-order valence-corrected chi connectivity index (χ3v) is 11.5. The molecule has 2 aliphatic heterocycles. The Morgan fingerprint density at radius 2 is 0.852 bits per heavy atom. The number of carbonyl (C=O) groups excluding carboxylic acids is 1. The van der Waals surface area contributed by atoms with Gasteiger partial charge in [-0.05, 0) is 92.1 Å². The topological polar surface area (TPSA) is 182 Å². The standard InChI is InChI=1S/C25H26N2O4.C24H22N2O4/c1-14-6-11-17-20(24(2,3)23(28)29)18-12-13-19(27-22(18)31-21(17)26-14)15-7-9-16(10-8-15)25(4,5)30;1-13-5-10-17-20(24(3,4)23(28)29)18-11-12-19(26-22(18)30-21(17)25-13)16-8-6-15(7-9-16)14(2)27/h6-13,20,30H,1-5H3,(H,28,29);5-12,20H,1-4H3,(H,28,29)/t2*20-/m00/s1. The molecular formula is C49H48N4O8. The highest BCUT2D eigenvalue weighted by Crippen LogP contribution is 2.52. The van der Waals surface area contributed by atoms with Gasteiger partial charge in [0.15, 0.2) is 5.78 Å². The molecule has 0 radical (unpaired) electrons. The Labute approximate surface area is 354 Å². The van der Waals surface area contributed by atoms with Gasteiger partial charge in [0.05, 0.1) is 27.8 Å². The summed E-state index contributed by atoms with van der Waals surface area (Å²) in [5.74, 6) is -1.20. The fraction of sp³-hybridized carbons (Fsp3) is 0.286. The zero-order chi connectivity index (χ0) is 44.2. The van der Waals surface area contributed by atoms with E-state index in [9.17, 15) is 29.7 Å². The third kappa shape index (κ3) is 8.11. The SMILES string of the molecule is CC(=O)c1ccc(-c2ccc3c(n2)Oc2nc(C)ccc2[C@@H]3C(C)(C)C(=O)O)cc1.Cc1ccc2c(n1)Oc1nc(-c3ccc(C(C)(C)O)cc3)ccc1[C@H]2C(C)(C)C(=O)O. The van der Waals surface area contributed by atoms with Gasteiger partial charge in [-0.25, -0.2) is 19.9 Å². The van der Waals surface area contributed by atoms with Gasteiger partial charge in [0.2, 0.25) is 23.5 Å². The maximum atomic E-state index is 12.1. The fourth-order valence-electron chi connectivity index (χ4n) is 7.76. The van der Waals surface area contributed by atoms with Crippen molar-refractivity contribution in [2.45, 2.75) is 79.8 Å². The smallest absolute Gasteiger partial charge is 0.310 e. The van der Waals surface area contributed by atoms with Crippen molar-refractivity contribution >= 4 is 17.7 Å². The number of Topliss-reactive ketones (excluding diaryl/α,β-unsaturated/α-hetero) is 1. The molecule has 3 N–H and O–H groups in total. The van der Waals surface area contributed by atoms with Crippen LogP contribution >= 0.6 is 0 Å². The van der Waals surface area contributed by atoms with Crippen LogP contribution < -0.4 is 9.47 Å². The van der Waals surface area contributed by atoms with Gasteiger partial charge in [-0.2, -0.15) is 0 Å². The first kappa shape index (κ1) is 42.3. The number of aryl methyl sites for hydroxylation is 2. The minimum Gasteiger partial charge on any atom is -0.481 e. The highest BCUT2D eigenvalue weighted by atomic mass is 16.5. The van der Waals surface area contributed by atoms with Crippen LogP contribution in [0, 0.1) is 24.7 Å². The lowest BCUT2D eigenvalue weighted by Gasteiger charge is -2.35. The molecule has 0 saturated heterocycles. The minimum atomic E-state index is -1.09. The summed E-state index contributed by atoms with van der Waals surface area (Å²) in [5.41, 5.74) is 5.91. The Hall–Kier alpha value is -6.79. The maximum absolute atomic E-state index is 12.1. The quantitative estimate of drug-likeness (QED) is 0.124. The summed E-state index contributed by atoms with van der Waals surface area (Å²) >= 11 is 0. The van der Waals surface area contributed by atoms with E-state index in [1.165, 1.54) is 6.92 Å². The van der Waals surface area contributed by atoms with Crippen LogP contribution in [-0.4, -0.2) is 53.0 Å². The Bertz CT molecular complexity index is 2700. The second kappa shape index (κ2) is 15.7. The fourth-order valence-corrected chi connectivity index (χ4v) is 7.76. The molecule has 6 heterocycles. The Balaban J connectivity index is 0.000000184. The van der Waals surface area contributed by atoms with Crippen molar-refractivity contribution in [2.75, 3.05) is 0 Å². The summed E-state index contributed by atoms with van der Waals surface area (Å²) in [5, 5.41) is 30.0. The second-order valence-corrected chi connectivity index (χ2v) is 17.3. The van der Waals surface area contributed by atoms with E-state index in [1.54, 1.807) is 53.7 Å². The van der Waals surface area contributed by atoms with Crippen LogP contribution in [0.15, 0.2) is 97.1 Å². The number of rotatable bonds is 8. The van der Waals surface area contributed by atoms with Crippen molar-refractivity contribution in [2.24, 2.45) is 10.8 Å². The van der Waals surface area contributed by atoms with Crippen molar-refractivity contribution in [1.82, 2.24) is 19.9 Å². The molecule has 8 rings (SSSR count). The number of ketones is 1. The summed E-state index contributed by atoms with van der Waals surface area (Å²) in [6, 6.07) is 29.7. The number of pyridine rings is 4. The van der Waals surface area contributed by atoms with Gasteiger partial charge in [0.1, 0.15) is 0 Å². The summed E-state index contributed by atoms with van der Waals surface area (Å²) in [6.07, 6.45) is 0. The zero-order valence-electron chi connectivity index (χ0n) is 35.6. The molecular weight excluding hydrogens is 773 g/mol. The molecule has 0 aliphatic carbocycles. The van der Waals surface area contributed by atoms with Crippen LogP contribution in [0.25, 0.3) is 22.5 Å². The van der Waals surface area contributed by atoms with E-state index < -0.39 is 40.2 Å². The van der Waals surface area contributed by atoms with Crippen molar-refractivity contribution in [3.05, 3.63) is 142 Å². The van der Waals surface area contributed by atoms with Crippen molar-refractivity contribution in [3.63, 3.8) is 0 Å². The number of nitrogens with zero attached hydrogens (tertiary/aromatic N) is 4. The van der Waals surface area contributed by atoms with Gasteiger partial charge in [0.25, 0.3) is 0 Å². The van der Waals surface area contributed by atoms with Gasteiger partial charge < -0.3 is 24.8 Å². The number of benzene rings is 2. The van der Waals surface area contributed by atoms with Crippen molar-refractivity contribution in [1.29, 1.82) is 0 Å². The molecule has 0 unspecified atom stereocenters. The highest BCUT2D eigenvalue weighted by molar-refractivity contribution is 5.94. The van der Waals surface area contributed by atoms with E-state index in [4.69, 9.17) is 14.5 Å². The lowest BCUT2D eigenvalue weighted by molar-refractivity contribution is -0.148. The first-order chi connectivity index (χ1) is 28.7. The Morgan fingerprint density at radius 1 is 0.508 bits per heavy atom. The number of hydrogen-bond donors (Lipinski definition) is 3. The van der Waals surface area contributed by atoms with Gasteiger partial charge in [-0.3, -0.25) is 14.4 Å². The van der Waals surface area contributed by atoms with E-state index in [2.05, 4.69) is 15.0 Å². The average Bonchev–Trinajstić information content (AvgIpc) is 3.21. The lowest BCUT2D eigenvalue weighted by Crippen LogP contribution is -2.34. The zero-order valence-corrected chi connectivity index (χ0v) is 35.6. The van der Waals surface area contributed by atoms with Gasteiger partial charge in [0, 0.05) is 62.2 Å². The van der Waals surface area contributed by atoms with E-state index in [0.29, 0.717) is 46.0 Å². The number of aromatic nitrogens is 4. The maximum Gasteiger partial charge on any atom is 0.310 e. The molecule has 12 heteroatoms. The first-order valence-corrected chi connectivity index (χ1v) is 19.9. The number of aliphatic carboxylic acids is 2. The molecule has 0 saturated carbocycles.